The summed E-state index contributed by atoms with van der Waals surface area (Å²) >= 11 is 0. The summed E-state index contributed by atoms with van der Waals surface area (Å²) in [6.07, 6.45) is 0. The van der Waals surface area contributed by atoms with Gasteiger partial charge in [0.15, 0.2) is 0 Å². The van der Waals surface area contributed by atoms with E-state index in [9.17, 15) is 13.6 Å². The van der Waals surface area contributed by atoms with Gasteiger partial charge in [-0.1, -0.05) is 0 Å². The van der Waals surface area contributed by atoms with E-state index in [1.165, 1.54) is 6.07 Å². The summed E-state index contributed by atoms with van der Waals surface area (Å²) in [6.45, 7) is 1.73. The van der Waals surface area contributed by atoms with Crippen LogP contribution in [0, 0.1) is 18.6 Å². The van der Waals surface area contributed by atoms with Crippen molar-refractivity contribution in [3.8, 4) is 0 Å². The molecule has 0 atom stereocenters. The highest BCUT2D eigenvalue weighted by Crippen LogP contribution is 2.12. The third-order valence-corrected chi connectivity index (χ3v) is 2.81. The van der Waals surface area contributed by atoms with Gasteiger partial charge in [-0.25, -0.2) is 8.78 Å². The van der Waals surface area contributed by atoms with Gasteiger partial charge in [0.1, 0.15) is 11.6 Å². The van der Waals surface area contributed by atoms with Crippen LogP contribution < -0.4 is 11.1 Å². The molecule has 0 aliphatic rings. The number of anilines is 1. The standard InChI is InChI=1S/C15H14F2N2O/c1-9-4-10(7-13(18)5-9)15(20)19-8-11-6-12(16)2-3-14(11)17/h2-7H,8,18H2,1H3,(H,19,20). The summed E-state index contributed by atoms with van der Waals surface area (Å²) in [5, 5.41) is 2.54. The van der Waals surface area contributed by atoms with Gasteiger partial charge in [-0.05, 0) is 48.9 Å². The molecule has 104 valence electrons. The van der Waals surface area contributed by atoms with Crippen LogP contribution in [0.1, 0.15) is 21.5 Å². The van der Waals surface area contributed by atoms with Crippen LogP contribution in [0.4, 0.5) is 14.5 Å². The number of benzene rings is 2. The maximum Gasteiger partial charge on any atom is 0.251 e. The summed E-state index contributed by atoms with van der Waals surface area (Å²) in [5.74, 6) is -1.49. The molecule has 5 heteroatoms. The van der Waals surface area contributed by atoms with Crippen LogP contribution in [0.25, 0.3) is 0 Å². The van der Waals surface area contributed by atoms with Crippen LogP contribution in [-0.2, 0) is 6.54 Å². The first kappa shape index (κ1) is 14.0. The van der Waals surface area contributed by atoms with Crippen molar-refractivity contribution in [1.82, 2.24) is 5.32 Å². The first-order valence-electron chi connectivity index (χ1n) is 6.05. The predicted octanol–water partition coefficient (Wildman–Crippen LogP) is 2.79. The zero-order chi connectivity index (χ0) is 14.7. The van der Waals surface area contributed by atoms with Crippen LogP contribution >= 0.6 is 0 Å². The molecule has 0 spiro atoms. The van der Waals surface area contributed by atoms with Crippen LogP contribution in [0.2, 0.25) is 0 Å². The van der Waals surface area contributed by atoms with Crippen molar-refractivity contribution in [2.75, 3.05) is 5.73 Å². The molecular weight excluding hydrogens is 262 g/mol. The molecule has 0 aliphatic carbocycles. The number of amides is 1. The molecule has 0 aromatic heterocycles. The van der Waals surface area contributed by atoms with Gasteiger partial charge in [0.2, 0.25) is 0 Å². The first-order chi connectivity index (χ1) is 9.45. The van der Waals surface area contributed by atoms with Crippen LogP contribution in [-0.4, -0.2) is 5.91 Å². The monoisotopic (exact) mass is 276 g/mol. The van der Waals surface area contributed by atoms with Crippen LogP contribution in [0.3, 0.4) is 0 Å². The van der Waals surface area contributed by atoms with E-state index in [0.29, 0.717) is 11.3 Å². The highest BCUT2D eigenvalue weighted by atomic mass is 19.1. The van der Waals surface area contributed by atoms with Crippen LogP contribution in [0.5, 0.6) is 0 Å². The number of carbonyl (C=O) groups is 1. The molecule has 0 saturated carbocycles. The molecule has 0 bridgehead atoms. The lowest BCUT2D eigenvalue weighted by Gasteiger charge is -2.08. The van der Waals surface area contributed by atoms with Gasteiger partial charge in [0.25, 0.3) is 5.91 Å². The number of halogens is 2. The van der Waals surface area contributed by atoms with E-state index in [1.807, 2.05) is 6.92 Å². The van der Waals surface area contributed by atoms with Crippen molar-refractivity contribution in [3.63, 3.8) is 0 Å². The number of nitrogens with one attached hydrogen (secondary N) is 1. The molecule has 1 amide bonds. The molecule has 0 heterocycles. The summed E-state index contributed by atoms with van der Waals surface area (Å²) in [4.78, 5) is 11.9. The van der Waals surface area contributed by atoms with Gasteiger partial charge in [-0.2, -0.15) is 0 Å². The van der Waals surface area contributed by atoms with Gasteiger partial charge < -0.3 is 11.1 Å². The van der Waals surface area contributed by atoms with Gasteiger partial charge in [-0.15, -0.1) is 0 Å². The Kier molecular flexibility index (Phi) is 3.98. The number of hydrogen-bond donors (Lipinski definition) is 2. The fourth-order valence-corrected chi connectivity index (χ4v) is 1.90. The molecule has 20 heavy (non-hydrogen) atoms. The molecular formula is C15H14F2N2O. The highest BCUT2D eigenvalue weighted by molar-refractivity contribution is 5.95. The van der Waals surface area contributed by atoms with Crippen molar-refractivity contribution in [3.05, 3.63) is 64.7 Å². The molecule has 0 unspecified atom stereocenters. The molecule has 0 saturated heterocycles. The Balaban J connectivity index is 2.10. The summed E-state index contributed by atoms with van der Waals surface area (Å²) in [7, 11) is 0. The molecule has 2 aromatic carbocycles. The number of aryl methyl sites for hydroxylation is 1. The summed E-state index contributed by atoms with van der Waals surface area (Å²) in [6, 6.07) is 8.06. The lowest BCUT2D eigenvalue weighted by atomic mass is 10.1. The van der Waals surface area contributed by atoms with E-state index in [2.05, 4.69) is 5.32 Å². The van der Waals surface area contributed by atoms with E-state index in [0.717, 1.165) is 23.8 Å². The topological polar surface area (TPSA) is 55.1 Å². The highest BCUT2D eigenvalue weighted by Gasteiger charge is 2.09. The SMILES string of the molecule is Cc1cc(N)cc(C(=O)NCc2cc(F)ccc2F)c1. The number of hydrogen-bond acceptors (Lipinski definition) is 2. The Labute approximate surface area is 115 Å². The number of carbonyl (C=O) groups excluding carboxylic acids is 1. The minimum atomic E-state index is -0.560. The Morgan fingerprint density at radius 1 is 1.20 bits per heavy atom. The largest absolute Gasteiger partial charge is 0.399 e. The van der Waals surface area contributed by atoms with E-state index in [1.54, 1.807) is 12.1 Å². The molecule has 0 fully saturated rings. The van der Waals surface area contributed by atoms with Gasteiger partial charge in [0, 0.05) is 23.4 Å². The van der Waals surface area contributed by atoms with Crippen molar-refractivity contribution in [2.24, 2.45) is 0 Å². The van der Waals surface area contributed by atoms with Gasteiger partial charge >= 0.3 is 0 Å². The van der Waals surface area contributed by atoms with Crippen LogP contribution in [0.15, 0.2) is 36.4 Å². The number of nitrogen functional groups attached to an aromatic ring is 1. The number of nitrogens with two attached hydrogens (primary N) is 1. The summed E-state index contributed by atoms with van der Waals surface area (Å²) < 4.78 is 26.4. The second kappa shape index (κ2) is 5.69. The second-order valence-corrected chi connectivity index (χ2v) is 4.55. The lowest BCUT2D eigenvalue weighted by molar-refractivity contribution is 0.0950. The molecule has 2 rings (SSSR count). The Hall–Kier alpha value is -2.43. The maximum atomic E-state index is 13.4. The minimum absolute atomic E-state index is 0.0870. The normalized spacial score (nSPS) is 10.3. The smallest absolute Gasteiger partial charge is 0.251 e. The summed E-state index contributed by atoms with van der Waals surface area (Å²) in [5.41, 5.74) is 7.48. The average Bonchev–Trinajstić information content (AvgIpc) is 2.38. The quantitative estimate of drug-likeness (QED) is 0.847. The Morgan fingerprint density at radius 2 is 1.95 bits per heavy atom. The van der Waals surface area contributed by atoms with Crippen molar-refractivity contribution in [2.45, 2.75) is 13.5 Å². The van der Waals surface area contributed by atoms with Gasteiger partial charge in [0.05, 0.1) is 0 Å². The zero-order valence-corrected chi connectivity index (χ0v) is 10.9. The van der Waals surface area contributed by atoms with E-state index >= 15 is 0 Å². The molecule has 0 aliphatic heterocycles. The maximum absolute atomic E-state index is 13.4. The molecule has 3 N–H and O–H groups in total. The molecule has 3 nitrogen and oxygen atoms in total. The Morgan fingerprint density at radius 3 is 2.65 bits per heavy atom. The Bertz CT molecular complexity index is 636. The van der Waals surface area contributed by atoms with Crippen molar-refractivity contribution >= 4 is 11.6 Å². The van der Waals surface area contributed by atoms with Crippen molar-refractivity contribution in [1.29, 1.82) is 0 Å². The van der Waals surface area contributed by atoms with Gasteiger partial charge in [-0.3, -0.25) is 4.79 Å². The van der Waals surface area contributed by atoms with E-state index < -0.39 is 11.6 Å². The van der Waals surface area contributed by atoms with Crippen molar-refractivity contribution < 1.29 is 13.6 Å². The van der Waals surface area contributed by atoms with E-state index in [4.69, 9.17) is 5.73 Å². The lowest BCUT2D eigenvalue weighted by Crippen LogP contribution is -2.23. The molecule has 0 radical (unpaired) electrons. The molecule has 2 aromatic rings. The first-order valence-corrected chi connectivity index (χ1v) is 6.05. The fourth-order valence-electron chi connectivity index (χ4n) is 1.90. The fraction of sp³-hybridized carbons (Fsp3) is 0.133. The zero-order valence-electron chi connectivity index (χ0n) is 10.9. The predicted molar refractivity (Wildman–Crippen MR) is 73.1 cm³/mol. The average molecular weight is 276 g/mol. The minimum Gasteiger partial charge on any atom is -0.399 e. The number of rotatable bonds is 3. The van der Waals surface area contributed by atoms with E-state index in [-0.39, 0.29) is 18.0 Å². The third kappa shape index (κ3) is 3.32. The third-order valence-electron chi connectivity index (χ3n) is 2.81. The second-order valence-electron chi connectivity index (χ2n) is 4.55.